The first-order valence-corrected chi connectivity index (χ1v) is 4.48. The van der Waals surface area contributed by atoms with Gasteiger partial charge >= 0.3 is 5.97 Å². The van der Waals surface area contributed by atoms with Crippen LogP contribution in [0, 0.1) is 5.92 Å². The molecule has 0 fully saturated rings. The maximum atomic E-state index is 10.5. The predicted molar refractivity (Wildman–Crippen MR) is 51.5 cm³/mol. The Kier molecular flexibility index (Phi) is 5.39. The first-order chi connectivity index (χ1) is 5.93. The van der Waals surface area contributed by atoms with Gasteiger partial charge in [0.05, 0.1) is 12.5 Å². The molecule has 3 heteroatoms. The molecule has 0 heterocycles. The minimum atomic E-state index is -0.807. The van der Waals surface area contributed by atoms with Crippen LogP contribution >= 0.6 is 0 Å². The second kappa shape index (κ2) is 5.75. The summed E-state index contributed by atoms with van der Waals surface area (Å²) in [5.74, 6) is -0.814. The Morgan fingerprint density at radius 2 is 2.00 bits per heavy atom. The summed E-state index contributed by atoms with van der Waals surface area (Å²) in [6, 6.07) is 0. The Bertz CT molecular complexity index is 185. The van der Waals surface area contributed by atoms with Gasteiger partial charge in [-0.3, -0.25) is 4.79 Å². The van der Waals surface area contributed by atoms with E-state index in [9.17, 15) is 4.79 Å². The molecule has 0 saturated carbocycles. The summed E-state index contributed by atoms with van der Waals surface area (Å²) in [6.07, 6.45) is 1.07. The fourth-order valence-corrected chi connectivity index (χ4v) is 1.18. The Morgan fingerprint density at radius 3 is 2.31 bits per heavy atom. The van der Waals surface area contributed by atoms with E-state index in [0.29, 0.717) is 12.8 Å². The Hall–Kier alpha value is -0.830. The van der Waals surface area contributed by atoms with Gasteiger partial charge in [0.25, 0.3) is 0 Å². The summed E-state index contributed by atoms with van der Waals surface area (Å²) in [6.45, 7) is 7.28. The number of rotatable bonds is 6. The van der Waals surface area contributed by atoms with Crippen LogP contribution in [-0.4, -0.2) is 22.3 Å². The summed E-state index contributed by atoms with van der Waals surface area (Å²) >= 11 is 0. The normalized spacial score (nSPS) is 15.0. The molecule has 0 rings (SSSR count). The van der Waals surface area contributed by atoms with E-state index in [0.717, 1.165) is 5.57 Å². The quantitative estimate of drug-likeness (QED) is 0.622. The van der Waals surface area contributed by atoms with Crippen molar-refractivity contribution in [2.75, 3.05) is 0 Å². The molecule has 1 unspecified atom stereocenters. The highest BCUT2D eigenvalue weighted by Crippen LogP contribution is 2.20. The lowest BCUT2D eigenvalue weighted by molar-refractivity contribution is -0.137. The molecular weight excluding hydrogens is 168 g/mol. The van der Waals surface area contributed by atoms with Crippen molar-refractivity contribution >= 4 is 5.97 Å². The van der Waals surface area contributed by atoms with Crippen molar-refractivity contribution in [2.45, 2.75) is 39.2 Å². The Labute approximate surface area is 79.1 Å². The van der Waals surface area contributed by atoms with Crippen LogP contribution in [0.1, 0.15) is 33.1 Å². The van der Waals surface area contributed by atoms with Crippen molar-refractivity contribution in [1.29, 1.82) is 0 Å². The van der Waals surface area contributed by atoms with Crippen molar-refractivity contribution in [3.05, 3.63) is 12.2 Å². The van der Waals surface area contributed by atoms with Crippen molar-refractivity contribution in [3.8, 4) is 0 Å². The highest BCUT2D eigenvalue weighted by atomic mass is 16.4. The largest absolute Gasteiger partial charge is 0.481 e. The predicted octanol–water partition coefficient (Wildman–Crippen LogP) is 1.81. The molecule has 2 atom stereocenters. The van der Waals surface area contributed by atoms with E-state index < -0.39 is 5.97 Å². The van der Waals surface area contributed by atoms with Crippen molar-refractivity contribution in [2.24, 2.45) is 5.92 Å². The molecule has 0 aliphatic carbocycles. The van der Waals surface area contributed by atoms with Gasteiger partial charge in [0.1, 0.15) is 0 Å². The zero-order valence-corrected chi connectivity index (χ0v) is 8.29. The molecule has 0 spiro atoms. The molecule has 2 N–H and O–H groups in total. The molecule has 0 bridgehead atoms. The standard InChI is InChI=1S/C10H18O3/c1-7(2)9(6-10(12)13)5-4-8(3)11/h8-9,11H,1,4-6H2,2-3H3,(H,12,13)/t8?,9-/m1/s1. The average molecular weight is 186 g/mol. The zero-order chi connectivity index (χ0) is 10.4. The summed E-state index contributed by atoms with van der Waals surface area (Å²) in [5.41, 5.74) is 0.878. The average Bonchev–Trinajstić information content (AvgIpc) is 1.96. The van der Waals surface area contributed by atoms with Gasteiger partial charge in [-0.2, -0.15) is 0 Å². The van der Waals surface area contributed by atoms with Crippen molar-refractivity contribution in [1.82, 2.24) is 0 Å². The fraction of sp³-hybridized carbons (Fsp3) is 0.700. The number of hydrogen-bond donors (Lipinski definition) is 2. The van der Waals surface area contributed by atoms with E-state index in [4.69, 9.17) is 10.2 Å². The van der Waals surface area contributed by atoms with Crippen molar-refractivity contribution < 1.29 is 15.0 Å². The highest BCUT2D eigenvalue weighted by Gasteiger charge is 2.14. The number of aliphatic hydroxyl groups is 1. The third-order valence-corrected chi connectivity index (χ3v) is 2.05. The van der Waals surface area contributed by atoms with Gasteiger partial charge < -0.3 is 10.2 Å². The Balaban J connectivity index is 3.95. The number of aliphatic hydroxyl groups excluding tert-OH is 1. The van der Waals surface area contributed by atoms with E-state index in [1.54, 1.807) is 6.92 Å². The van der Waals surface area contributed by atoms with Gasteiger partial charge in [-0.1, -0.05) is 12.2 Å². The minimum Gasteiger partial charge on any atom is -0.481 e. The minimum absolute atomic E-state index is 0.00731. The van der Waals surface area contributed by atoms with Gasteiger partial charge in [-0.15, -0.1) is 0 Å². The van der Waals surface area contributed by atoms with E-state index in [-0.39, 0.29) is 18.4 Å². The van der Waals surface area contributed by atoms with E-state index >= 15 is 0 Å². The molecule has 3 nitrogen and oxygen atoms in total. The summed E-state index contributed by atoms with van der Waals surface area (Å²) in [7, 11) is 0. The molecule has 0 saturated heterocycles. The number of carbonyl (C=O) groups is 1. The van der Waals surface area contributed by atoms with Crippen LogP contribution in [0.15, 0.2) is 12.2 Å². The van der Waals surface area contributed by atoms with E-state index in [1.807, 2.05) is 6.92 Å². The lowest BCUT2D eigenvalue weighted by Gasteiger charge is -2.15. The molecule has 0 aromatic heterocycles. The molecule has 0 aromatic carbocycles. The molecule has 0 aliphatic rings. The van der Waals surface area contributed by atoms with Crippen LogP contribution in [0.4, 0.5) is 0 Å². The first-order valence-electron chi connectivity index (χ1n) is 4.48. The van der Waals surface area contributed by atoms with Gasteiger partial charge in [-0.05, 0) is 32.6 Å². The van der Waals surface area contributed by atoms with Crippen molar-refractivity contribution in [3.63, 3.8) is 0 Å². The Morgan fingerprint density at radius 1 is 1.46 bits per heavy atom. The van der Waals surface area contributed by atoms with Gasteiger partial charge in [-0.25, -0.2) is 0 Å². The smallest absolute Gasteiger partial charge is 0.303 e. The van der Waals surface area contributed by atoms with Gasteiger partial charge in [0.2, 0.25) is 0 Å². The molecule has 0 amide bonds. The number of carboxylic acids is 1. The highest BCUT2D eigenvalue weighted by molar-refractivity contribution is 5.67. The SMILES string of the molecule is C=C(C)[C@H](CCC(C)O)CC(=O)O. The lowest BCUT2D eigenvalue weighted by atomic mass is 9.92. The third-order valence-electron chi connectivity index (χ3n) is 2.05. The van der Waals surface area contributed by atoms with Crippen LogP contribution in [0.2, 0.25) is 0 Å². The van der Waals surface area contributed by atoms with Crippen LogP contribution in [0.5, 0.6) is 0 Å². The molecule has 0 aromatic rings. The molecular formula is C10H18O3. The van der Waals surface area contributed by atoms with Crippen LogP contribution in [0.3, 0.4) is 0 Å². The number of carboxylic acid groups (broad SMARTS) is 1. The molecule has 76 valence electrons. The maximum absolute atomic E-state index is 10.5. The molecule has 13 heavy (non-hydrogen) atoms. The maximum Gasteiger partial charge on any atom is 0.303 e. The number of aliphatic carboxylic acids is 1. The van der Waals surface area contributed by atoms with Crippen LogP contribution in [-0.2, 0) is 4.79 Å². The van der Waals surface area contributed by atoms with E-state index in [2.05, 4.69) is 6.58 Å². The second-order valence-electron chi connectivity index (χ2n) is 3.57. The monoisotopic (exact) mass is 186 g/mol. The second-order valence-corrected chi connectivity index (χ2v) is 3.57. The zero-order valence-electron chi connectivity index (χ0n) is 8.29. The fourth-order valence-electron chi connectivity index (χ4n) is 1.18. The molecule has 0 radical (unpaired) electrons. The van der Waals surface area contributed by atoms with Crippen LogP contribution in [0.25, 0.3) is 0 Å². The summed E-state index contributed by atoms with van der Waals surface area (Å²) in [5, 5.41) is 17.6. The first kappa shape index (κ1) is 12.2. The number of hydrogen-bond acceptors (Lipinski definition) is 2. The summed E-state index contributed by atoms with van der Waals surface area (Å²) < 4.78 is 0. The molecule has 0 aliphatic heterocycles. The number of allylic oxidation sites excluding steroid dienone is 1. The van der Waals surface area contributed by atoms with Gasteiger partial charge in [0, 0.05) is 0 Å². The van der Waals surface area contributed by atoms with Crippen LogP contribution < -0.4 is 0 Å². The summed E-state index contributed by atoms with van der Waals surface area (Å²) in [4.78, 5) is 10.5. The topological polar surface area (TPSA) is 57.5 Å². The van der Waals surface area contributed by atoms with E-state index in [1.165, 1.54) is 0 Å². The third kappa shape index (κ3) is 6.34. The lowest BCUT2D eigenvalue weighted by Crippen LogP contribution is -2.11. The van der Waals surface area contributed by atoms with Gasteiger partial charge in [0.15, 0.2) is 0 Å².